The van der Waals surface area contributed by atoms with Crippen LogP contribution in [0.5, 0.6) is 11.5 Å². The lowest BCUT2D eigenvalue weighted by Crippen LogP contribution is -2.35. The first-order chi connectivity index (χ1) is 9.08. The van der Waals surface area contributed by atoms with Crippen LogP contribution in [0.1, 0.15) is 12.0 Å². The third-order valence-electron chi connectivity index (χ3n) is 3.22. The second kappa shape index (κ2) is 5.93. The Morgan fingerprint density at radius 1 is 1.32 bits per heavy atom. The molecule has 0 bridgehead atoms. The number of rotatable bonds is 5. The Kier molecular flexibility index (Phi) is 4.27. The summed E-state index contributed by atoms with van der Waals surface area (Å²) in [5.41, 5.74) is 1.07. The molecule has 19 heavy (non-hydrogen) atoms. The van der Waals surface area contributed by atoms with Gasteiger partial charge in [-0.1, -0.05) is 6.07 Å². The summed E-state index contributed by atoms with van der Waals surface area (Å²) in [4.78, 5) is 12.8. The third kappa shape index (κ3) is 3.38. The zero-order chi connectivity index (χ0) is 13.8. The molecule has 1 atom stereocenters. The van der Waals surface area contributed by atoms with Crippen LogP contribution in [0.15, 0.2) is 18.2 Å². The van der Waals surface area contributed by atoms with Gasteiger partial charge < -0.3 is 14.6 Å². The van der Waals surface area contributed by atoms with Gasteiger partial charge in [0, 0.05) is 0 Å². The number of hydrogen-bond acceptors (Lipinski definition) is 4. The van der Waals surface area contributed by atoms with Crippen molar-refractivity contribution in [1.29, 1.82) is 0 Å². The molecule has 2 rings (SSSR count). The van der Waals surface area contributed by atoms with Crippen molar-refractivity contribution in [3.05, 3.63) is 23.8 Å². The number of nitrogens with zero attached hydrogens (tertiary/aromatic N) is 1. The first-order valence-corrected chi connectivity index (χ1v) is 6.35. The monoisotopic (exact) mass is 265 g/mol. The Morgan fingerprint density at radius 2 is 2.00 bits per heavy atom. The van der Waals surface area contributed by atoms with Gasteiger partial charge in [0.05, 0.1) is 0 Å². The van der Waals surface area contributed by atoms with Crippen molar-refractivity contribution < 1.29 is 19.4 Å². The van der Waals surface area contributed by atoms with Crippen LogP contribution >= 0.6 is 0 Å². The summed E-state index contributed by atoms with van der Waals surface area (Å²) in [7, 11) is 3.56. The molecule has 1 aromatic carbocycles. The molecule has 1 N–H and O–H groups in total. The average molecular weight is 265 g/mol. The quantitative estimate of drug-likeness (QED) is 0.872. The number of fused-ring (bicyclic) bond motifs is 1. The van der Waals surface area contributed by atoms with Gasteiger partial charge in [-0.3, -0.25) is 9.69 Å². The lowest BCUT2D eigenvalue weighted by molar-refractivity contribution is -0.142. The summed E-state index contributed by atoms with van der Waals surface area (Å²) in [6, 6.07) is 5.31. The van der Waals surface area contributed by atoms with Crippen molar-refractivity contribution in [2.24, 2.45) is 0 Å². The van der Waals surface area contributed by atoms with E-state index < -0.39 is 12.0 Å². The normalized spacial score (nSPS) is 15.3. The number of ether oxygens (including phenoxy) is 2. The van der Waals surface area contributed by atoms with Crippen molar-refractivity contribution in [2.45, 2.75) is 18.9 Å². The summed E-state index contributed by atoms with van der Waals surface area (Å²) in [5.74, 6) is 0.723. The lowest BCUT2D eigenvalue weighted by atomic mass is 10.0. The Hall–Kier alpha value is -1.75. The molecular weight excluding hydrogens is 246 g/mol. The molecule has 1 aromatic rings. The van der Waals surface area contributed by atoms with Crippen LogP contribution in [0.25, 0.3) is 0 Å². The molecule has 0 amide bonds. The summed E-state index contributed by atoms with van der Waals surface area (Å²) >= 11 is 0. The Bertz CT molecular complexity index is 459. The van der Waals surface area contributed by atoms with Gasteiger partial charge in [0.2, 0.25) is 0 Å². The highest BCUT2D eigenvalue weighted by atomic mass is 16.6. The van der Waals surface area contributed by atoms with E-state index in [-0.39, 0.29) is 0 Å². The van der Waals surface area contributed by atoms with Crippen LogP contribution in [0.3, 0.4) is 0 Å². The first kappa shape index (κ1) is 13.7. The molecule has 1 heterocycles. The van der Waals surface area contributed by atoms with Crippen LogP contribution in [-0.4, -0.2) is 49.3 Å². The van der Waals surface area contributed by atoms with E-state index in [4.69, 9.17) is 14.6 Å². The number of aryl methyl sites for hydroxylation is 1. The number of benzene rings is 1. The predicted molar refractivity (Wildman–Crippen MR) is 70.9 cm³/mol. The van der Waals surface area contributed by atoms with Gasteiger partial charge in [0.25, 0.3) is 0 Å². The van der Waals surface area contributed by atoms with Crippen molar-refractivity contribution in [3.8, 4) is 11.5 Å². The van der Waals surface area contributed by atoms with Gasteiger partial charge >= 0.3 is 5.97 Å². The largest absolute Gasteiger partial charge is 0.486 e. The number of hydrogen-bond donors (Lipinski definition) is 1. The zero-order valence-electron chi connectivity index (χ0n) is 11.3. The zero-order valence-corrected chi connectivity index (χ0v) is 11.3. The Balaban J connectivity index is 2.01. The fraction of sp³-hybridized carbons (Fsp3) is 0.500. The molecule has 0 radical (unpaired) electrons. The maximum Gasteiger partial charge on any atom is 0.320 e. The molecule has 0 aromatic heterocycles. The molecule has 0 saturated heterocycles. The highest BCUT2D eigenvalue weighted by Gasteiger charge is 2.20. The highest BCUT2D eigenvalue weighted by molar-refractivity contribution is 5.73. The van der Waals surface area contributed by atoms with Crippen LogP contribution in [0.4, 0.5) is 0 Å². The second-order valence-electron chi connectivity index (χ2n) is 4.83. The number of carbonyl (C=O) groups is 1. The van der Waals surface area contributed by atoms with E-state index in [1.165, 1.54) is 0 Å². The van der Waals surface area contributed by atoms with Crippen LogP contribution in [-0.2, 0) is 11.2 Å². The second-order valence-corrected chi connectivity index (χ2v) is 4.83. The van der Waals surface area contributed by atoms with E-state index in [2.05, 4.69) is 0 Å². The van der Waals surface area contributed by atoms with E-state index >= 15 is 0 Å². The van der Waals surface area contributed by atoms with Crippen molar-refractivity contribution in [2.75, 3.05) is 27.3 Å². The standard InChI is InChI=1S/C14H19NO4/c1-15(2)11(14(16)17)5-3-10-4-6-12-13(9-10)19-8-7-18-12/h4,6,9,11H,3,5,7-8H2,1-2H3,(H,16,17). The molecule has 104 valence electrons. The molecule has 5 nitrogen and oxygen atoms in total. The van der Waals surface area contributed by atoms with Gasteiger partial charge in [-0.15, -0.1) is 0 Å². The topological polar surface area (TPSA) is 59.0 Å². The summed E-state index contributed by atoms with van der Waals surface area (Å²) in [6.07, 6.45) is 1.27. The molecule has 0 spiro atoms. The summed E-state index contributed by atoms with van der Waals surface area (Å²) in [5, 5.41) is 9.13. The van der Waals surface area contributed by atoms with Crippen LogP contribution < -0.4 is 9.47 Å². The molecule has 0 fully saturated rings. The number of carboxylic acids is 1. The smallest absolute Gasteiger partial charge is 0.320 e. The van der Waals surface area contributed by atoms with Crippen molar-refractivity contribution in [1.82, 2.24) is 4.90 Å². The molecule has 1 aliphatic heterocycles. The molecule has 0 saturated carbocycles. The number of aliphatic carboxylic acids is 1. The van der Waals surface area contributed by atoms with Gasteiger partial charge in [-0.2, -0.15) is 0 Å². The fourth-order valence-corrected chi connectivity index (χ4v) is 2.15. The van der Waals surface area contributed by atoms with E-state index in [0.717, 1.165) is 17.1 Å². The van der Waals surface area contributed by atoms with E-state index in [1.54, 1.807) is 19.0 Å². The maximum absolute atomic E-state index is 11.1. The number of likely N-dealkylation sites (N-methyl/N-ethyl adjacent to an activating group) is 1. The van der Waals surface area contributed by atoms with Gasteiger partial charge in [-0.05, 0) is 44.6 Å². The van der Waals surface area contributed by atoms with Crippen LogP contribution in [0, 0.1) is 0 Å². The minimum Gasteiger partial charge on any atom is -0.486 e. The van der Waals surface area contributed by atoms with Gasteiger partial charge in [0.1, 0.15) is 19.3 Å². The van der Waals surface area contributed by atoms with E-state index in [9.17, 15) is 4.79 Å². The van der Waals surface area contributed by atoms with Gasteiger partial charge in [-0.25, -0.2) is 0 Å². The number of carboxylic acid groups (broad SMARTS) is 1. The minimum atomic E-state index is -0.789. The minimum absolute atomic E-state index is 0.465. The van der Waals surface area contributed by atoms with Crippen LogP contribution in [0.2, 0.25) is 0 Å². The SMILES string of the molecule is CN(C)C(CCc1ccc2c(c1)OCCO2)C(=O)O. The van der Waals surface area contributed by atoms with Gasteiger partial charge in [0.15, 0.2) is 11.5 Å². The van der Waals surface area contributed by atoms with E-state index in [0.29, 0.717) is 26.1 Å². The molecular formula is C14H19NO4. The average Bonchev–Trinajstić information content (AvgIpc) is 2.38. The molecule has 1 unspecified atom stereocenters. The van der Waals surface area contributed by atoms with Crippen molar-refractivity contribution >= 4 is 5.97 Å². The summed E-state index contributed by atoms with van der Waals surface area (Å²) in [6.45, 7) is 1.14. The predicted octanol–water partition coefficient (Wildman–Crippen LogP) is 1.41. The third-order valence-corrected chi connectivity index (χ3v) is 3.22. The first-order valence-electron chi connectivity index (χ1n) is 6.35. The molecule has 1 aliphatic rings. The van der Waals surface area contributed by atoms with E-state index in [1.807, 2.05) is 18.2 Å². The Morgan fingerprint density at radius 3 is 2.63 bits per heavy atom. The molecule has 5 heteroatoms. The van der Waals surface area contributed by atoms with Crippen molar-refractivity contribution in [3.63, 3.8) is 0 Å². The highest BCUT2D eigenvalue weighted by Crippen LogP contribution is 2.31. The fourth-order valence-electron chi connectivity index (χ4n) is 2.15. The molecule has 0 aliphatic carbocycles. The lowest BCUT2D eigenvalue weighted by Gasteiger charge is -2.21. The summed E-state index contributed by atoms with van der Waals surface area (Å²) < 4.78 is 11.0. The maximum atomic E-state index is 11.1. The Labute approximate surface area is 112 Å².